The zero-order chi connectivity index (χ0) is 11.7. The first-order valence-electron chi connectivity index (χ1n) is 5.33. The molecule has 0 aromatic heterocycles. The van der Waals surface area contributed by atoms with E-state index in [9.17, 15) is 4.79 Å². The van der Waals surface area contributed by atoms with Gasteiger partial charge in [0, 0.05) is 5.71 Å². The minimum atomic E-state index is -0.110. The maximum atomic E-state index is 11.8. The van der Waals surface area contributed by atoms with Crippen molar-refractivity contribution in [1.82, 2.24) is 5.32 Å². The summed E-state index contributed by atoms with van der Waals surface area (Å²) in [6, 6.07) is 5.27. The molecule has 1 aromatic carbocycles. The lowest BCUT2D eigenvalue weighted by Crippen LogP contribution is -2.29. The van der Waals surface area contributed by atoms with Crippen LogP contribution >= 0.6 is 0 Å². The fourth-order valence-corrected chi connectivity index (χ4v) is 1.65. The first-order chi connectivity index (χ1) is 7.59. The van der Waals surface area contributed by atoms with Crippen LogP contribution in [-0.4, -0.2) is 18.2 Å². The molecule has 0 radical (unpaired) electrons. The van der Waals surface area contributed by atoms with Crippen LogP contribution in [0.25, 0.3) is 0 Å². The van der Waals surface area contributed by atoms with Crippen LogP contribution in [0.5, 0.6) is 0 Å². The van der Waals surface area contributed by atoms with E-state index in [-0.39, 0.29) is 5.91 Å². The third kappa shape index (κ3) is 1.78. The number of nitrogens with zero attached hydrogens (tertiary/aromatic N) is 1. The van der Waals surface area contributed by atoms with Crippen molar-refractivity contribution < 1.29 is 4.79 Å². The lowest BCUT2D eigenvalue weighted by atomic mass is 10.1. The largest absolute Gasteiger partial charge is 0.397 e. The Hall–Kier alpha value is -1.84. The van der Waals surface area contributed by atoms with Gasteiger partial charge in [-0.25, -0.2) is 0 Å². The average molecular weight is 217 g/mol. The molecule has 4 heteroatoms. The number of nitrogen functional groups attached to an aromatic ring is 1. The van der Waals surface area contributed by atoms with E-state index in [1.807, 2.05) is 0 Å². The highest BCUT2D eigenvalue weighted by Crippen LogP contribution is 2.28. The molecule has 1 heterocycles. The molecular weight excluding hydrogens is 202 g/mol. The fourth-order valence-electron chi connectivity index (χ4n) is 1.65. The summed E-state index contributed by atoms with van der Waals surface area (Å²) >= 11 is 0. The molecule has 16 heavy (non-hydrogen) atoms. The van der Waals surface area contributed by atoms with Gasteiger partial charge in [-0.15, -0.1) is 0 Å². The minimum absolute atomic E-state index is 0.110. The van der Waals surface area contributed by atoms with Gasteiger partial charge < -0.3 is 11.1 Å². The number of rotatable bonds is 1. The number of fused-ring (bicyclic) bond motifs is 1. The number of hydrogen-bond donors (Lipinski definition) is 2. The number of nitrogens with two attached hydrogens (primary N) is 1. The van der Waals surface area contributed by atoms with Crippen molar-refractivity contribution in [1.29, 1.82) is 0 Å². The molecule has 0 fully saturated rings. The highest BCUT2D eigenvalue weighted by Gasteiger charge is 2.19. The van der Waals surface area contributed by atoms with Crippen molar-refractivity contribution in [3.8, 4) is 0 Å². The number of anilines is 1. The lowest BCUT2D eigenvalue weighted by Gasteiger charge is -2.07. The predicted octanol–water partition coefficient (Wildman–Crippen LogP) is 1.74. The highest BCUT2D eigenvalue weighted by molar-refractivity contribution is 6.07. The van der Waals surface area contributed by atoms with Gasteiger partial charge in [0.15, 0.2) is 0 Å². The molecule has 1 amide bonds. The molecule has 84 valence electrons. The Balaban J connectivity index is 2.58. The van der Waals surface area contributed by atoms with Gasteiger partial charge in [0.2, 0.25) is 0 Å². The first kappa shape index (κ1) is 10.7. The average Bonchev–Trinajstić information content (AvgIpc) is 2.40. The second kappa shape index (κ2) is 3.96. The normalized spacial score (nSPS) is 15.2. The van der Waals surface area contributed by atoms with Crippen LogP contribution in [0, 0.1) is 5.92 Å². The number of amides is 1. The van der Waals surface area contributed by atoms with Crippen molar-refractivity contribution in [2.24, 2.45) is 10.9 Å². The molecule has 0 aliphatic carbocycles. The molecule has 0 atom stereocenters. The summed E-state index contributed by atoms with van der Waals surface area (Å²) < 4.78 is 0. The number of aliphatic imine (C=N–C) groups is 1. The van der Waals surface area contributed by atoms with Crippen LogP contribution in [0.3, 0.4) is 0 Å². The van der Waals surface area contributed by atoms with Crippen molar-refractivity contribution in [2.45, 2.75) is 13.8 Å². The Morgan fingerprint density at radius 3 is 2.88 bits per heavy atom. The summed E-state index contributed by atoms with van der Waals surface area (Å²) in [5.41, 5.74) is 8.50. The van der Waals surface area contributed by atoms with Gasteiger partial charge >= 0.3 is 0 Å². The number of hydrogen-bond acceptors (Lipinski definition) is 3. The van der Waals surface area contributed by atoms with E-state index in [4.69, 9.17) is 5.73 Å². The van der Waals surface area contributed by atoms with Gasteiger partial charge in [0.05, 0.1) is 23.5 Å². The second-order valence-corrected chi connectivity index (χ2v) is 4.18. The third-order valence-electron chi connectivity index (χ3n) is 2.66. The Morgan fingerprint density at radius 1 is 1.44 bits per heavy atom. The molecule has 3 N–H and O–H groups in total. The third-order valence-corrected chi connectivity index (χ3v) is 2.66. The number of benzene rings is 1. The summed E-state index contributed by atoms with van der Waals surface area (Å²) in [5, 5.41) is 2.83. The van der Waals surface area contributed by atoms with E-state index >= 15 is 0 Å². The van der Waals surface area contributed by atoms with Crippen molar-refractivity contribution >= 4 is 23.0 Å². The molecule has 1 aliphatic rings. The smallest absolute Gasteiger partial charge is 0.253 e. The lowest BCUT2D eigenvalue weighted by molar-refractivity contribution is 0.0960. The molecule has 2 rings (SSSR count). The Morgan fingerprint density at radius 2 is 2.19 bits per heavy atom. The fraction of sp³-hybridized carbons (Fsp3) is 0.333. The molecule has 1 aromatic rings. The van der Waals surface area contributed by atoms with E-state index in [0.29, 0.717) is 29.4 Å². The van der Waals surface area contributed by atoms with Crippen LogP contribution in [0.1, 0.15) is 24.2 Å². The Kier molecular flexibility index (Phi) is 2.64. The van der Waals surface area contributed by atoms with Gasteiger partial charge in [-0.2, -0.15) is 0 Å². The molecule has 0 saturated heterocycles. The predicted molar refractivity (Wildman–Crippen MR) is 65.1 cm³/mol. The standard InChI is InChI=1S/C12H15N3O/c1-7(2)10-6-14-12(16)8-4-3-5-9(13)11(8)15-10/h3-5,7H,6,13H2,1-2H3,(H,14,16). The minimum Gasteiger partial charge on any atom is -0.397 e. The van der Waals surface area contributed by atoms with Crippen molar-refractivity contribution in [3.63, 3.8) is 0 Å². The number of carbonyl (C=O) groups is 1. The molecule has 4 nitrogen and oxygen atoms in total. The zero-order valence-electron chi connectivity index (χ0n) is 9.45. The van der Waals surface area contributed by atoms with Gasteiger partial charge in [-0.05, 0) is 18.1 Å². The summed E-state index contributed by atoms with van der Waals surface area (Å²) in [4.78, 5) is 16.3. The topological polar surface area (TPSA) is 67.5 Å². The van der Waals surface area contributed by atoms with Gasteiger partial charge in [-0.3, -0.25) is 9.79 Å². The maximum Gasteiger partial charge on any atom is 0.253 e. The molecule has 0 unspecified atom stereocenters. The number of nitrogens with one attached hydrogen (secondary N) is 1. The van der Waals surface area contributed by atoms with Crippen molar-refractivity contribution in [2.75, 3.05) is 12.3 Å². The van der Waals surface area contributed by atoms with E-state index in [2.05, 4.69) is 24.2 Å². The van der Waals surface area contributed by atoms with Crippen molar-refractivity contribution in [3.05, 3.63) is 23.8 Å². The van der Waals surface area contributed by atoms with Crippen LogP contribution in [0.4, 0.5) is 11.4 Å². The van der Waals surface area contributed by atoms with Crippen LogP contribution < -0.4 is 11.1 Å². The highest BCUT2D eigenvalue weighted by atomic mass is 16.1. The molecule has 0 bridgehead atoms. The number of carbonyl (C=O) groups excluding carboxylic acids is 1. The van der Waals surface area contributed by atoms with E-state index in [0.717, 1.165) is 5.71 Å². The van der Waals surface area contributed by atoms with E-state index in [1.54, 1.807) is 18.2 Å². The maximum absolute atomic E-state index is 11.8. The monoisotopic (exact) mass is 217 g/mol. The summed E-state index contributed by atoms with van der Waals surface area (Å²) in [7, 11) is 0. The molecule has 1 aliphatic heterocycles. The molecular formula is C12H15N3O. The summed E-state index contributed by atoms with van der Waals surface area (Å²) in [5.74, 6) is 0.188. The Bertz CT molecular complexity index is 463. The zero-order valence-corrected chi connectivity index (χ0v) is 9.45. The Labute approximate surface area is 94.6 Å². The van der Waals surface area contributed by atoms with Gasteiger partial charge in [0.25, 0.3) is 5.91 Å². The van der Waals surface area contributed by atoms with Crippen LogP contribution in [0.15, 0.2) is 23.2 Å². The molecule has 0 spiro atoms. The second-order valence-electron chi connectivity index (χ2n) is 4.18. The summed E-state index contributed by atoms with van der Waals surface area (Å²) in [6.45, 7) is 4.59. The first-order valence-corrected chi connectivity index (χ1v) is 5.33. The van der Waals surface area contributed by atoms with Gasteiger partial charge in [-0.1, -0.05) is 19.9 Å². The van der Waals surface area contributed by atoms with E-state index < -0.39 is 0 Å². The number of para-hydroxylation sites is 1. The van der Waals surface area contributed by atoms with Crippen LogP contribution in [0.2, 0.25) is 0 Å². The quantitative estimate of drug-likeness (QED) is 0.703. The van der Waals surface area contributed by atoms with Gasteiger partial charge in [0.1, 0.15) is 0 Å². The summed E-state index contributed by atoms with van der Waals surface area (Å²) in [6.07, 6.45) is 0. The van der Waals surface area contributed by atoms with Crippen LogP contribution in [-0.2, 0) is 0 Å². The SMILES string of the molecule is CC(C)C1=Nc2c(N)cccc2C(=O)NC1. The van der Waals surface area contributed by atoms with E-state index in [1.165, 1.54) is 0 Å². The molecule has 0 saturated carbocycles.